The molecule has 2 bridgehead atoms. The normalized spacial score (nSPS) is 32.3. The van der Waals surface area contributed by atoms with Gasteiger partial charge in [0.25, 0.3) is 0 Å². The lowest BCUT2D eigenvalue weighted by Gasteiger charge is -2.47. The second-order valence-corrected chi connectivity index (χ2v) is 7.10. The third-order valence-corrected chi connectivity index (χ3v) is 4.60. The third-order valence-electron chi connectivity index (χ3n) is 3.47. The van der Waals surface area contributed by atoms with Gasteiger partial charge >= 0.3 is 6.09 Å². The molecule has 5 heteroatoms. The van der Waals surface area contributed by atoms with Gasteiger partial charge in [0.2, 0.25) is 0 Å². The highest BCUT2D eigenvalue weighted by molar-refractivity contribution is 9.10. The van der Waals surface area contributed by atoms with Crippen LogP contribution < -0.4 is 0 Å². The predicted octanol–water partition coefficient (Wildman–Crippen LogP) is 2.88. The summed E-state index contributed by atoms with van der Waals surface area (Å²) in [5, 5.41) is 0. The second kappa shape index (κ2) is 4.83. The number of alkyl halides is 1. The fourth-order valence-corrected chi connectivity index (χ4v) is 3.46. The molecular weight excluding hydrogens is 298 g/mol. The van der Waals surface area contributed by atoms with Crippen molar-refractivity contribution in [3.05, 3.63) is 0 Å². The minimum Gasteiger partial charge on any atom is -0.444 e. The van der Waals surface area contributed by atoms with Crippen molar-refractivity contribution in [1.82, 2.24) is 4.90 Å². The maximum Gasteiger partial charge on any atom is 0.410 e. The first-order chi connectivity index (χ1) is 8.29. The van der Waals surface area contributed by atoms with Crippen LogP contribution in [0.3, 0.4) is 0 Å². The summed E-state index contributed by atoms with van der Waals surface area (Å²) in [6, 6.07) is -0.0141. The van der Waals surface area contributed by atoms with Crippen molar-refractivity contribution >= 4 is 27.8 Å². The molecule has 2 aliphatic rings. The topological polar surface area (TPSA) is 46.6 Å². The molecule has 0 N–H and O–H groups in total. The van der Waals surface area contributed by atoms with Gasteiger partial charge in [0.05, 0.1) is 10.9 Å². The molecule has 0 spiro atoms. The van der Waals surface area contributed by atoms with Crippen molar-refractivity contribution in [2.75, 3.05) is 0 Å². The van der Waals surface area contributed by atoms with Crippen molar-refractivity contribution in [3.8, 4) is 0 Å². The van der Waals surface area contributed by atoms with Gasteiger partial charge in [0.1, 0.15) is 5.60 Å². The second-order valence-electron chi connectivity index (χ2n) is 6.11. The summed E-state index contributed by atoms with van der Waals surface area (Å²) in [7, 11) is 0. The molecule has 0 saturated carbocycles. The zero-order valence-corrected chi connectivity index (χ0v) is 12.7. The number of carbonyl (C=O) groups is 2. The first-order valence-corrected chi connectivity index (χ1v) is 7.39. The van der Waals surface area contributed by atoms with Crippen molar-refractivity contribution in [2.24, 2.45) is 0 Å². The lowest BCUT2D eigenvalue weighted by molar-refractivity contribution is -0.125. The summed E-state index contributed by atoms with van der Waals surface area (Å²) in [6.45, 7) is 5.59. The Bertz CT molecular complexity index is 364. The van der Waals surface area contributed by atoms with Gasteiger partial charge < -0.3 is 9.64 Å². The van der Waals surface area contributed by atoms with Crippen LogP contribution in [0, 0.1) is 0 Å². The molecule has 0 aromatic carbocycles. The molecule has 2 rings (SSSR count). The van der Waals surface area contributed by atoms with E-state index in [0.29, 0.717) is 6.42 Å². The monoisotopic (exact) mass is 317 g/mol. The van der Waals surface area contributed by atoms with Crippen LogP contribution in [-0.2, 0) is 9.53 Å². The lowest BCUT2D eigenvalue weighted by atomic mass is 9.84. The van der Waals surface area contributed by atoms with Crippen LogP contribution in [0.5, 0.6) is 0 Å². The number of Topliss-reactive ketones (excluding diaryl/α,β-unsaturated/α-hetero) is 1. The van der Waals surface area contributed by atoms with E-state index in [1.165, 1.54) is 0 Å². The largest absolute Gasteiger partial charge is 0.444 e. The molecule has 0 radical (unpaired) electrons. The van der Waals surface area contributed by atoms with Crippen LogP contribution in [-0.4, -0.2) is 39.3 Å². The molecule has 3 unspecified atom stereocenters. The number of halogens is 1. The minimum absolute atomic E-state index is 0.0277. The van der Waals surface area contributed by atoms with Gasteiger partial charge in [-0.3, -0.25) is 4.79 Å². The van der Waals surface area contributed by atoms with Crippen LogP contribution in [0.1, 0.15) is 46.5 Å². The standard InChI is InChI=1S/C13H20BrNO3/c1-13(2,3)18-12(17)15-8-5-4-6-9(15)11(14)10(16)7-8/h8-9,11H,4-7H2,1-3H3. The summed E-state index contributed by atoms with van der Waals surface area (Å²) in [6.07, 6.45) is 3.02. The number of hydrogen-bond acceptors (Lipinski definition) is 3. The van der Waals surface area contributed by atoms with E-state index in [1.807, 2.05) is 20.8 Å². The van der Waals surface area contributed by atoms with Crippen molar-refractivity contribution < 1.29 is 14.3 Å². The van der Waals surface area contributed by atoms with Crippen molar-refractivity contribution in [1.29, 1.82) is 0 Å². The Morgan fingerprint density at radius 3 is 2.67 bits per heavy atom. The van der Waals surface area contributed by atoms with Crippen molar-refractivity contribution in [3.63, 3.8) is 0 Å². The number of ether oxygens (including phenoxy) is 1. The molecule has 2 heterocycles. The molecule has 2 saturated heterocycles. The number of carbonyl (C=O) groups excluding carboxylic acids is 2. The van der Waals surface area contributed by atoms with Crippen LogP contribution in [0.25, 0.3) is 0 Å². The Labute approximate surface area is 116 Å². The maximum atomic E-state index is 12.3. The number of ketones is 1. The number of nitrogens with zero attached hydrogens (tertiary/aromatic N) is 1. The summed E-state index contributed by atoms with van der Waals surface area (Å²) in [4.78, 5) is 25.6. The molecule has 4 nitrogen and oxygen atoms in total. The van der Waals surface area contributed by atoms with E-state index in [2.05, 4.69) is 15.9 Å². The molecular formula is C13H20BrNO3. The Morgan fingerprint density at radius 2 is 2.06 bits per heavy atom. The highest BCUT2D eigenvalue weighted by Gasteiger charge is 2.46. The molecule has 0 aromatic heterocycles. The number of hydrogen-bond donors (Lipinski definition) is 0. The summed E-state index contributed by atoms with van der Waals surface area (Å²) in [5.74, 6) is 0.213. The van der Waals surface area contributed by atoms with E-state index in [1.54, 1.807) is 4.90 Å². The fraction of sp³-hybridized carbons (Fsp3) is 0.846. The molecule has 0 aromatic rings. The molecule has 2 fully saturated rings. The third kappa shape index (κ3) is 2.71. The quantitative estimate of drug-likeness (QED) is 0.645. The maximum absolute atomic E-state index is 12.3. The zero-order valence-electron chi connectivity index (χ0n) is 11.1. The SMILES string of the molecule is CC(C)(C)OC(=O)N1C2CCCC1C(Br)C(=O)C2. The van der Waals surface area contributed by atoms with Crippen LogP contribution in [0.15, 0.2) is 0 Å². The summed E-state index contributed by atoms with van der Waals surface area (Å²) < 4.78 is 5.45. The van der Waals surface area contributed by atoms with Crippen LogP contribution in [0.4, 0.5) is 4.79 Å². The van der Waals surface area contributed by atoms with Gasteiger partial charge in [-0.15, -0.1) is 0 Å². The number of piperidine rings is 2. The van der Waals surface area contributed by atoms with Crippen LogP contribution in [0.2, 0.25) is 0 Å². The fourth-order valence-electron chi connectivity index (χ4n) is 2.76. The number of rotatable bonds is 0. The predicted molar refractivity (Wildman–Crippen MR) is 71.8 cm³/mol. The Hall–Kier alpha value is -0.580. The van der Waals surface area contributed by atoms with Gasteiger partial charge in [0.15, 0.2) is 5.78 Å². The van der Waals surface area contributed by atoms with E-state index in [-0.39, 0.29) is 28.8 Å². The minimum atomic E-state index is -0.491. The van der Waals surface area contributed by atoms with Crippen molar-refractivity contribution in [2.45, 2.75) is 69.0 Å². The van der Waals surface area contributed by atoms with Gasteiger partial charge in [-0.2, -0.15) is 0 Å². The average molecular weight is 318 g/mol. The van der Waals surface area contributed by atoms with E-state index >= 15 is 0 Å². The van der Waals surface area contributed by atoms with E-state index in [4.69, 9.17) is 4.74 Å². The van der Waals surface area contributed by atoms with Crippen LogP contribution >= 0.6 is 15.9 Å². The smallest absolute Gasteiger partial charge is 0.410 e. The summed E-state index contributed by atoms with van der Waals surface area (Å²) in [5.41, 5.74) is -0.491. The molecule has 1 amide bonds. The van der Waals surface area contributed by atoms with Gasteiger partial charge in [-0.1, -0.05) is 15.9 Å². The first kappa shape index (κ1) is 13.8. The first-order valence-electron chi connectivity index (χ1n) is 6.48. The molecule has 18 heavy (non-hydrogen) atoms. The summed E-state index contributed by atoms with van der Waals surface area (Å²) >= 11 is 3.43. The molecule has 2 aliphatic heterocycles. The lowest BCUT2D eigenvalue weighted by Crippen LogP contribution is -2.60. The van der Waals surface area contributed by atoms with Gasteiger partial charge in [0, 0.05) is 12.5 Å². The zero-order chi connectivity index (χ0) is 13.5. The van der Waals surface area contributed by atoms with E-state index in [0.717, 1.165) is 19.3 Å². The van der Waals surface area contributed by atoms with E-state index in [9.17, 15) is 9.59 Å². The van der Waals surface area contributed by atoms with Gasteiger partial charge in [-0.25, -0.2) is 4.79 Å². The number of amides is 1. The average Bonchev–Trinajstić information content (AvgIpc) is 2.23. The number of fused-ring (bicyclic) bond motifs is 2. The molecule has 102 valence electrons. The highest BCUT2D eigenvalue weighted by atomic mass is 79.9. The Kier molecular flexibility index (Phi) is 3.72. The highest BCUT2D eigenvalue weighted by Crippen LogP contribution is 2.36. The Balaban J connectivity index is 2.16. The molecule has 3 atom stereocenters. The van der Waals surface area contributed by atoms with Gasteiger partial charge in [-0.05, 0) is 40.0 Å². The van der Waals surface area contributed by atoms with E-state index < -0.39 is 5.60 Å². The Morgan fingerprint density at radius 1 is 1.39 bits per heavy atom. The molecule has 0 aliphatic carbocycles.